The van der Waals surface area contributed by atoms with Crippen molar-refractivity contribution < 1.29 is 5.11 Å². The molecular weight excluding hydrogens is 224 g/mol. The molecule has 1 fully saturated rings. The summed E-state index contributed by atoms with van der Waals surface area (Å²) in [5.74, 6) is 1.07. The first-order chi connectivity index (χ1) is 8.65. The Hall–Kier alpha value is -1.61. The molecule has 3 nitrogen and oxygen atoms in total. The Balaban J connectivity index is 1.69. The molecule has 0 radical (unpaired) electrons. The standard InChI is InChI=1S/C15H18N2O/c1-17-9-8-16-14(17)10-12-2-4-13(5-3-12)11-15(18)6-7-15/h2-5,8-9,18H,6-7,10-11H2,1H3. The highest BCUT2D eigenvalue weighted by atomic mass is 16.3. The molecule has 1 aromatic heterocycles. The quantitative estimate of drug-likeness (QED) is 0.891. The fourth-order valence-electron chi connectivity index (χ4n) is 2.23. The molecule has 3 heteroatoms. The fraction of sp³-hybridized carbons (Fsp3) is 0.400. The van der Waals surface area contributed by atoms with Crippen molar-refractivity contribution in [1.82, 2.24) is 9.55 Å². The van der Waals surface area contributed by atoms with Crippen LogP contribution in [-0.4, -0.2) is 20.3 Å². The van der Waals surface area contributed by atoms with Gasteiger partial charge in [0.1, 0.15) is 5.82 Å². The van der Waals surface area contributed by atoms with Crippen molar-refractivity contribution in [3.05, 3.63) is 53.6 Å². The van der Waals surface area contributed by atoms with Crippen LogP contribution >= 0.6 is 0 Å². The number of rotatable bonds is 4. The largest absolute Gasteiger partial charge is 0.390 e. The molecule has 1 saturated carbocycles. The third-order valence-electron chi connectivity index (χ3n) is 3.67. The van der Waals surface area contributed by atoms with Crippen LogP contribution in [0.15, 0.2) is 36.7 Å². The normalized spacial score (nSPS) is 16.8. The first kappa shape index (κ1) is 11.5. The molecule has 0 unspecified atom stereocenters. The van der Waals surface area contributed by atoms with E-state index >= 15 is 0 Å². The number of hydrogen-bond acceptors (Lipinski definition) is 2. The maximum absolute atomic E-state index is 9.88. The molecule has 1 aliphatic carbocycles. The smallest absolute Gasteiger partial charge is 0.112 e. The van der Waals surface area contributed by atoms with E-state index in [1.165, 1.54) is 11.1 Å². The number of aromatic nitrogens is 2. The first-order valence-electron chi connectivity index (χ1n) is 6.41. The minimum Gasteiger partial charge on any atom is -0.390 e. The Kier molecular flexibility index (Phi) is 2.71. The molecule has 94 valence electrons. The molecule has 0 atom stereocenters. The number of nitrogens with zero attached hydrogens (tertiary/aromatic N) is 2. The minimum absolute atomic E-state index is 0.402. The van der Waals surface area contributed by atoms with Crippen LogP contribution in [0.4, 0.5) is 0 Å². The summed E-state index contributed by atoms with van der Waals surface area (Å²) < 4.78 is 2.04. The second-order valence-electron chi connectivity index (χ2n) is 5.35. The number of benzene rings is 1. The van der Waals surface area contributed by atoms with Crippen molar-refractivity contribution in [2.75, 3.05) is 0 Å². The topological polar surface area (TPSA) is 38.0 Å². The predicted octanol–water partition coefficient (Wildman–Crippen LogP) is 2.08. The van der Waals surface area contributed by atoms with Crippen LogP contribution in [0.3, 0.4) is 0 Å². The maximum atomic E-state index is 9.88. The van der Waals surface area contributed by atoms with E-state index in [2.05, 4.69) is 29.2 Å². The third kappa shape index (κ3) is 2.46. The zero-order valence-electron chi connectivity index (χ0n) is 10.6. The van der Waals surface area contributed by atoms with Crippen LogP contribution in [0.1, 0.15) is 29.8 Å². The molecule has 1 N–H and O–H groups in total. The molecule has 0 amide bonds. The van der Waals surface area contributed by atoms with Gasteiger partial charge in [-0.3, -0.25) is 0 Å². The van der Waals surface area contributed by atoms with Gasteiger partial charge in [-0.15, -0.1) is 0 Å². The van der Waals surface area contributed by atoms with Gasteiger partial charge in [0.25, 0.3) is 0 Å². The van der Waals surface area contributed by atoms with E-state index in [4.69, 9.17) is 0 Å². The molecule has 2 aromatic rings. The number of aliphatic hydroxyl groups is 1. The summed E-state index contributed by atoms with van der Waals surface area (Å²) in [6.07, 6.45) is 7.33. The second-order valence-corrected chi connectivity index (χ2v) is 5.35. The molecule has 1 aromatic carbocycles. The fourth-order valence-corrected chi connectivity index (χ4v) is 2.23. The van der Waals surface area contributed by atoms with E-state index in [0.717, 1.165) is 31.5 Å². The molecule has 18 heavy (non-hydrogen) atoms. The van der Waals surface area contributed by atoms with Gasteiger partial charge in [-0.25, -0.2) is 4.98 Å². The molecule has 0 aliphatic heterocycles. The SMILES string of the molecule is Cn1ccnc1Cc1ccc(CC2(O)CC2)cc1. The van der Waals surface area contributed by atoms with Gasteiger partial charge in [0.05, 0.1) is 5.60 Å². The average Bonchev–Trinajstić information content (AvgIpc) is 2.94. The summed E-state index contributed by atoms with van der Waals surface area (Å²) in [7, 11) is 2.01. The zero-order chi connectivity index (χ0) is 12.6. The number of imidazole rings is 1. The highest BCUT2D eigenvalue weighted by Crippen LogP contribution is 2.38. The van der Waals surface area contributed by atoms with Gasteiger partial charge in [0.2, 0.25) is 0 Å². The van der Waals surface area contributed by atoms with E-state index < -0.39 is 5.60 Å². The lowest BCUT2D eigenvalue weighted by molar-refractivity contribution is 0.151. The van der Waals surface area contributed by atoms with Gasteiger partial charge >= 0.3 is 0 Å². The van der Waals surface area contributed by atoms with Crippen LogP contribution in [0.5, 0.6) is 0 Å². The molecule has 0 spiro atoms. The molecular formula is C15H18N2O. The molecule has 0 bridgehead atoms. The van der Waals surface area contributed by atoms with Crippen molar-refractivity contribution in [2.45, 2.75) is 31.3 Å². The average molecular weight is 242 g/mol. The summed E-state index contributed by atoms with van der Waals surface area (Å²) in [5.41, 5.74) is 2.08. The number of aryl methyl sites for hydroxylation is 1. The summed E-state index contributed by atoms with van der Waals surface area (Å²) in [5, 5.41) is 9.88. The summed E-state index contributed by atoms with van der Waals surface area (Å²) >= 11 is 0. The molecule has 0 saturated heterocycles. The molecule has 1 aliphatic rings. The van der Waals surface area contributed by atoms with Gasteiger partial charge < -0.3 is 9.67 Å². The third-order valence-corrected chi connectivity index (χ3v) is 3.67. The van der Waals surface area contributed by atoms with Crippen molar-refractivity contribution >= 4 is 0 Å². The highest BCUT2D eigenvalue weighted by molar-refractivity contribution is 5.27. The lowest BCUT2D eigenvalue weighted by Crippen LogP contribution is -2.10. The van der Waals surface area contributed by atoms with Crippen molar-refractivity contribution in [2.24, 2.45) is 7.05 Å². The van der Waals surface area contributed by atoms with Crippen LogP contribution < -0.4 is 0 Å². The Morgan fingerprint density at radius 3 is 2.44 bits per heavy atom. The van der Waals surface area contributed by atoms with Gasteiger partial charge in [-0.2, -0.15) is 0 Å². The minimum atomic E-state index is -0.402. The van der Waals surface area contributed by atoms with Gasteiger partial charge in [0, 0.05) is 32.3 Å². The Bertz CT molecular complexity index is 538. The van der Waals surface area contributed by atoms with E-state index in [1.807, 2.05) is 24.0 Å². The molecule has 3 rings (SSSR count). The molecule has 1 heterocycles. The summed E-state index contributed by atoms with van der Waals surface area (Å²) in [4.78, 5) is 4.33. The van der Waals surface area contributed by atoms with E-state index in [1.54, 1.807) is 0 Å². The van der Waals surface area contributed by atoms with Crippen LogP contribution in [0, 0.1) is 0 Å². The van der Waals surface area contributed by atoms with Crippen LogP contribution in [0.25, 0.3) is 0 Å². The van der Waals surface area contributed by atoms with Gasteiger partial charge in [-0.05, 0) is 24.0 Å². The van der Waals surface area contributed by atoms with Gasteiger partial charge in [-0.1, -0.05) is 24.3 Å². The summed E-state index contributed by atoms with van der Waals surface area (Å²) in [6, 6.07) is 8.51. The zero-order valence-corrected chi connectivity index (χ0v) is 10.6. The Morgan fingerprint density at radius 1 is 1.22 bits per heavy atom. The first-order valence-corrected chi connectivity index (χ1v) is 6.41. The monoisotopic (exact) mass is 242 g/mol. The van der Waals surface area contributed by atoms with Crippen LogP contribution in [-0.2, 0) is 19.9 Å². The second kappa shape index (κ2) is 4.25. The van der Waals surface area contributed by atoms with Crippen LogP contribution in [0.2, 0.25) is 0 Å². The Labute approximate surface area is 107 Å². The predicted molar refractivity (Wildman–Crippen MR) is 70.3 cm³/mol. The van der Waals surface area contributed by atoms with E-state index in [9.17, 15) is 5.11 Å². The number of hydrogen-bond donors (Lipinski definition) is 1. The lowest BCUT2D eigenvalue weighted by Gasteiger charge is -2.08. The van der Waals surface area contributed by atoms with Gasteiger partial charge in [0.15, 0.2) is 0 Å². The highest BCUT2D eigenvalue weighted by Gasteiger charge is 2.39. The van der Waals surface area contributed by atoms with Crippen molar-refractivity contribution in [3.8, 4) is 0 Å². The summed E-state index contributed by atoms with van der Waals surface area (Å²) in [6.45, 7) is 0. The van der Waals surface area contributed by atoms with Crippen molar-refractivity contribution in [1.29, 1.82) is 0 Å². The van der Waals surface area contributed by atoms with Crippen molar-refractivity contribution in [3.63, 3.8) is 0 Å². The Morgan fingerprint density at radius 2 is 1.89 bits per heavy atom. The lowest BCUT2D eigenvalue weighted by atomic mass is 10.0. The maximum Gasteiger partial charge on any atom is 0.112 e. The van der Waals surface area contributed by atoms with E-state index in [-0.39, 0.29) is 0 Å². The van der Waals surface area contributed by atoms with E-state index in [0.29, 0.717) is 0 Å².